The minimum absolute atomic E-state index is 0.102. The predicted octanol–water partition coefficient (Wildman–Crippen LogP) is 3.03. The molecule has 26 heavy (non-hydrogen) atoms. The quantitative estimate of drug-likeness (QED) is 0.677. The zero-order chi connectivity index (χ0) is 18.4. The van der Waals surface area contributed by atoms with Gasteiger partial charge in [0.1, 0.15) is 6.54 Å². The van der Waals surface area contributed by atoms with Gasteiger partial charge in [0.25, 0.3) is 5.56 Å². The van der Waals surface area contributed by atoms with Gasteiger partial charge in [-0.05, 0) is 30.2 Å². The van der Waals surface area contributed by atoms with Gasteiger partial charge in [-0.25, -0.2) is 4.68 Å². The molecule has 1 N–H and O–H groups in total. The van der Waals surface area contributed by atoms with Crippen LogP contribution < -0.4 is 10.9 Å². The topological polar surface area (TPSA) is 64.0 Å². The van der Waals surface area contributed by atoms with Crippen molar-refractivity contribution in [2.75, 3.05) is 6.54 Å². The first-order valence-electron chi connectivity index (χ1n) is 8.26. The van der Waals surface area contributed by atoms with Gasteiger partial charge in [0.05, 0.1) is 5.69 Å². The molecule has 0 saturated heterocycles. The van der Waals surface area contributed by atoms with Crippen molar-refractivity contribution in [3.05, 3.63) is 87.1 Å². The number of hydrogen-bond acceptors (Lipinski definition) is 3. The van der Waals surface area contributed by atoms with Gasteiger partial charge < -0.3 is 5.32 Å². The van der Waals surface area contributed by atoms with E-state index in [2.05, 4.69) is 26.3 Å². The van der Waals surface area contributed by atoms with Crippen LogP contribution in [0.25, 0.3) is 11.3 Å². The van der Waals surface area contributed by atoms with E-state index < -0.39 is 0 Å². The molecule has 3 rings (SSSR count). The largest absolute Gasteiger partial charge is 0.354 e. The average molecular weight is 412 g/mol. The van der Waals surface area contributed by atoms with Crippen LogP contribution in [0, 0.1) is 0 Å². The van der Waals surface area contributed by atoms with Crippen LogP contribution >= 0.6 is 15.9 Å². The fourth-order valence-electron chi connectivity index (χ4n) is 2.55. The maximum Gasteiger partial charge on any atom is 0.267 e. The monoisotopic (exact) mass is 411 g/mol. The Labute approximate surface area is 159 Å². The van der Waals surface area contributed by atoms with Gasteiger partial charge in [0, 0.05) is 22.6 Å². The van der Waals surface area contributed by atoms with E-state index >= 15 is 0 Å². The summed E-state index contributed by atoms with van der Waals surface area (Å²) in [4.78, 5) is 24.2. The van der Waals surface area contributed by atoms with Gasteiger partial charge in [-0.1, -0.05) is 58.4 Å². The third-order valence-electron chi connectivity index (χ3n) is 3.86. The van der Waals surface area contributed by atoms with Gasteiger partial charge >= 0.3 is 0 Å². The van der Waals surface area contributed by atoms with Crippen molar-refractivity contribution >= 4 is 21.8 Å². The van der Waals surface area contributed by atoms with Gasteiger partial charge in [-0.3, -0.25) is 9.59 Å². The molecule has 5 nitrogen and oxygen atoms in total. The zero-order valence-corrected chi connectivity index (χ0v) is 15.6. The van der Waals surface area contributed by atoms with Crippen LogP contribution in [0.4, 0.5) is 0 Å². The maximum atomic E-state index is 12.1. The lowest BCUT2D eigenvalue weighted by molar-refractivity contribution is -0.121. The Kier molecular flexibility index (Phi) is 5.96. The minimum Gasteiger partial charge on any atom is -0.354 e. The second kappa shape index (κ2) is 8.58. The summed E-state index contributed by atoms with van der Waals surface area (Å²) in [6.07, 6.45) is 0.743. The van der Waals surface area contributed by atoms with Crippen LogP contribution in [0.2, 0.25) is 0 Å². The highest BCUT2D eigenvalue weighted by atomic mass is 79.9. The molecule has 1 aromatic heterocycles. The Morgan fingerprint density at radius 3 is 2.62 bits per heavy atom. The van der Waals surface area contributed by atoms with Crippen molar-refractivity contribution in [1.29, 1.82) is 0 Å². The lowest BCUT2D eigenvalue weighted by atomic mass is 10.1. The van der Waals surface area contributed by atoms with Crippen molar-refractivity contribution < 1.29 is 4.79 Å². The Balaban J connectivity index is 1.64. The molecule has 0 spiro atoms. The Morgan fingerprint density at radius 2 is 1.85 bits per heavy atom. The summed E-state index contributed by atoms with van der Waals surface area (Å²) in [7, 11) is 0. The van der Waals surface area contributed by atoms with E-state index in [1.54, 1.807) is 6.07 Å². The Bertz CT molecular complexity index is 955. The molecule has 0 atom stereocenters. The second-order valence-corrected chi connectivity index (χ2v) is 6.73. The van der Waals surface area contributed by atoms with Gasteiger partial charge in [-0.15, -0.1) is 0 Å². The minimum atomic E-state index is -0.304. The molecule has 2 aromatic carbocycles. The number of nitrogens with zero attached hydrogens (tertiary/aromatic N) is 2. The normalized spacial score (nSPS) is 10.5. The molecule has 1 amide bonds. The summed E-state index contributed by atoms with van der Waals surface area (Å²) in [5.41, 5.74) is 2.36. The maximum absolute atomic E-state index is 12.1. The highest BCUT2D eigenvalue weighted by molar-refractivity contribution is 9.10. The summed E-state index contributed by atoms with van der Waals surface area (Å²) >= 11 is 3.42. The number of rotatable bonds is 6. The molecule has 0 bridgehead atoms. The number of nitrogens with one attached hydrogen (secondary N) is 1. The van der Waals surface area contributed by atoms with Crippen LogP contribution in [0.1, 0.15) is 5.56 Å². The van der Waals surface area contributed by atoms with Crippen LogP contribution in [0.5, 0.6) is 0 Å². The second-order valence-electron chi connectivity index (χ2n) is 5.81. The number of halogens is 1. The number of carbonyl (C=O) groups is 1. The van der Waals surface area contributed by atoms with Crippen molar-refractivity contribution in [3.8, 4) is 11.3 Å². The van der Waals surface area contributed by atoms with Gasteiger partial charge in [0.15, 0.2) is 0 Å². The van der Waals surface area contributed by atoms with Crippen molar-refractivity contribution in [3.63, 3.8) is 0 Å². The molecule has 3 aromatic rings. The molecule has 0 fully saturated rings. The third kappa shape index (κ3) is 4.89. The molecule has 0 aliphatic rings. The summed E-state index contributed by atoms with van der Waals surface area (Å²) in [6, 6.07) is 20.6. The van der Waals surface area contributed by atoms with Crippen molar-refractivity contribution in [2.24, 2.45) is 0 Å². The standard InChI is InChI=1S/C20H18BrN3O2/c21-17-8-4-7-16(13-17)18-9-10-20(26)24(23-18)14-19(25)22-12-11-15-5-2-1-3-6-15/h1-10,13H,11-12,14H2,(H,22,25). The summed E-state index contributed by atoms with van der Waals surface area (Å²) in [5.74, 6) is -0.234. The van der Waals surface area contributed by atoms with Crippen molar-refractivity contribution in [1.82, 2.24) is 15.1 Å². The first-order valence-corrected chi connectivity index (χ1v) is 9.06. The molecule has 1 heterocycles. The van der Waals surface area contributed by atoms with E-state index in [1.165, 1.54) is 10.7 Å². The van der Waals surface area contributed by atoms with E-state index in [0.717, 1.165) is 22.0 Å². The van der Waals surface area contributed by atoms with Gasteiger partial charge in [0.2, 0.25) is 5.91 Å². The molecule has 0 unspecified atom stereocenters. The van der Waals surface area contributed by atoms with E-state index in [0.29, 0.717) is 12.2 Å². The number of benzene rings is 2. The smallest absolute Gasteiger partial charge is 0.267 e. The molecule has 0 aliphatic carbocycles. The van der Waals surface area contributed by atoms with Crippen LogP contribution in [-0.2, 0) is 17.8 Å². The van der Waals surface area contributed by atoms with E-state index in [1.807, 2.05) is 54.6 Å². The Morgan fingerprint density at radius 1 is 1.04 bits per heavy atom. The summed E-state index contributed by atoms with van der Waals surface area (Å²) < 4.78 is 2.11. The molecule has 0 saturated carbocycles. The Hall–Kier alpha value is -2.73. The molecular formula is C20H18BrN3O2. The molecule has 0 aliphatic heterocycles. The summed E-state index contributed by atoms with van der Waals surface area (Å²) in [5, 5.41) is 7.14. The number of amides is 1. The first kappa shape index (κ1) is 18.1. The van der Waals surface area contributed by atoms with E-state index in [9.17, 15) is 9.59 Å². The highest BCUT2D eigenvalue weighted by Crippen LogP contribution is 2.20. The molecular weight excluding hydrogens is 394 g/mol. The number of aromatic nitrogens is 2. The molecule has 0 radical (unpaired) electrons. The van der Waals surface area contributed by atoms with E-state index in [4.69, 9.17) is 0 Å². The van der Waals surface area contributed by atoms with Gasteiger partial charge in [-0.2, -0.15) is 5.10 Å². The van der Waals surface area contributed by atoms with Crippen LogP contribution in [-0.4, -0.2) is 22.2 Å². The third-order valence-corrected chi connectivity index (χ3v) is 4.35. The summed E-state index contributed by atoms with van der Waals surface area (Å²) in [6.45, 7) is 0.415. The first-order chi connectivity index (χ1) is 12.6. The predicted molar refractivity (Wildman–Crippen MR) is 105 cm³/mol. The SMILES string of the molecule is O=C(Cn1nc(-c2cccc(Br)c2)ccc1=O)NCCc1ccccc1. The van der Waals surface area contributed by atoms with E-state index in [-0.39, 0.29) is 18.0 Å². The number of hydrogen-bond donors (Lipinski definition) is 1. The zero-order valence-electron chi connectivity index (χ0n) is 14.1. The number of carbonyl (C=O) groups excluding carboxylic acids is 1. The fraction of sp³-hybridized carbons (Fsp3) is 0.150. The highest BCUT2D eigenvalue weighted by Gasteiger charge is 2.08. The van der Waals surface area contributed by atoms with Crippen LogP contribution in [0.3, 0.4) is 0 Å². The average Bonchev–Trinajstić information content (AvgIpc) is 2.64. The van der Waals surface area contributed by atoms with Crippen molar-refractivity contribution in [2.45, 2.75) is 13.0 Å². The molecule has 6 heteroatoms. The lowest BCUT2D eigenvalue weighted by Gasteiger charge is -2.08. The fourth-order valence-corrected chi connectivity index (χ4v) is 2.95. The lowest BCUT2D eigenvalue weighted by Crippen LogP contribution is -2.34. The van der Waals surface area contributed by atoms with Crippen LogP contribution in [0.15, 0.2) is 76.0 Å². The molecule has 132 valence electrons.